The lowest BCUT2D eigenvalue weighted by Gasteiger charge is -2.37. The molecule has 1 aliphatic carbocycles. The molecule has 0 aromatic heterocycles. The quantitative estimate of drug-likeness (QED) is 0.403. The zero-order valence-corrected chi connectivity index (χ0v) is 18.9. The lowest BCUT2D eigenvalue weighted by atomic mass is 9.67. The van der Waals surface area contributed by atoms with Crippen molar-refractivity contribution in [2.75, 3.05) is 0 Å². The Morgan fingerprint density at radius 2 is 1.16 bits per heavy atom. The highest BCUT2D eigenvalue weighted by Crippen LogP contribution is 2.56. The van der Waals surface area contributed by atoms with Gasteiger partial charge in [-0.05, 0) is 71.2 Å². The third-order valence-corrected chi connectivity index (χ3v) is 7.06. The molecule has 0 saturated carbocycles. The summed E-state index contributed by atoms with van der Waals surface area (Å²) >= 11 is 7.47. The summed E-state index contributed by atoms with van der Waals surface area (Å²) in [5.41, 5.74) is 6.03. The summed E-state index contributed by atoms with van der Waals surface area (Å²) in [4.78, 5) is 0. The van der Waals surface area contributed by atoms with Crippen molar-refractivity contribution in [1.82, 2.24) is 0 Å². The Labute approximate surface area is 169 Å². The van der Waals surface area contributed by atoms with Crippen LogP contribution in [0.3, 0.4) is 0 Å². The van der Waals surface area contributed by atoms with Crippen molar-refractivity contribution in [3.05, 3.63) is 56.5 Å². The molecule has 2 heteroatoms. The van der Waals surface area contributed by atoms with E-state index in [4.69, 9.17) is 0 Å². The Bertz CT molecular complexity index is 697. The Morgan fingerprint density at radius 3 is 1.52 bits per heavy atom. The molecule has 2 aromatic carbocycles. The molecule has 1 aliphatic rings. The highest BCUT2D eigenvalue weighted by molar-refractivity contribution is 9.10. The number of rotatable bonds is 6. The molecular weight excluding hydrogens is 436 g/mol. The molecule has 0 aliphatic heterocycles. The molecule has 0 unspecified atom stereocenters. The maximum Gasteiger partial charge on any atom is 0.0221 e. The van der Waals surface area contributed by atoms with Crippen molar-refractivity contribution in [3.8, 4) is 11.1 Å². The van der Waals surface area contributed by atoms with E-state index in [9.17, 15) is 0 Å². The van der Waals surface area contributed by atoms with Crippen molar-refractivity contribution in [3.63, 3.8) is 0 Å². The Kier molecular flexibility index (Phi) is 5.80. The monoisotopic (exact) mass is 462 g/mol. The fourth-order valence-electron chi connectivity index (χ4n) is 4.44. The van der Waals surface area contributed by atoms with Crippen molar-refractivity contribution in [1.29, 1.82) is 0 Å². The minimum absolute atomic E-state index is 0.128. The molecular formula is C23H28Br2. The van der Waals surface area contributed by atoms with Crippen LogP contribution in [0, 0.1) is 11.8 Å². The molecule has 134 valence electrons. The van der Waals surface area contributed by atoms with Crippen LogP contribution >= 0.6 is 31.9 Å². The average molecular weight is 464 g/mol. The van der Waals surface area contributed by atoms with Gasteiger partial charge in [0.15, 0.2) is 0 Å². The standard InChI is InChI=1S/C23H28Br2/c1-5-15(3)13-23(14-16(4)6-2)21-11-17(24)7-9-19(21)20-10-8-18(25)12-22(20)23/h7-12,15-16H,5-6,13-14H2,1-4H3/t15-,16-/m0/s1. The van der Waals surface area contributed by atoms with Gasteiger partial charge in [-0.15, -0.1) is 0 Å². The van der Waals surface area contributed by atoms with Gasteiger partial charge in [-0.3, -0.25) is 0 Å². The summed E-state index contributed by atoms with van der Waals surface area (Å²) < 4.78 is 2.38. The number of halogens is 2. The molecule has 2 aromatic rings. The van der Waals surface area contributed by atoms with E-state index >= 15 is 0 Å². The van der Waals surface area contributed by atoms with Crippen LogP contribution in [0.5, 0.6) is 0 Å². The van der Waals surface area contributed by atoms with Gasteiger partial charge >= 0.3 is 0 Å². The largest absolute Gasteiger partial charge is 0.0651 e. The number of benzene rings is 2. The first kappa shape index (κ1) is 19.2. The van der Waals surface area contributed by atoms with Crippen LogP contribution in [-0.2, 0) is 5.41 Å². The molecule has 0 bridgehead atoms. The molecule has 0 saturated heterocycles. The fraction of sp³-hybridized carbons (Fsp3) is 0.478. The minimum atomic E-state index is 0.128. The predicted octanol–water partition coefficient (Wildman–Crippen LogP) is 8.35. The van der Waals surface area contributed by atoms with Crippen LogP contribution in [0.25, 0.3) is 11.1 Å². The van der Waals surface area contributed by atoms with Crippen LogP contribution in [-0.4, -0.2) is 0 Å². The maximum atomic E-state index is 3.73. The van der Waals surface area contributed by atoms with Gasteiger partial charge < -0.3 is 0 Å². The van der Waals surface area contributed by atoms with Gasteiger partial charge in [0.1, 0.15) is 0 Å². The first-order valence-electron chi connectivity index (χ1n) is 9.51. The number of hydrogen-bond acceptors (Lipinski definition) is 0. The lowest BCUT2D eigenvalue weighted by molar-refractivity contribution is 0.308. The molecule has 0 heterocycles. The Balaban J connectivity index is 2.27. The maximum absolute atomic E-state index is 3.73. The molecule has 0 N–H and O–H groups in total. The van der Waals surface area contributed by atoms with Gasteiger partial charge in [0.2, 0.25) is 0 Å². The molecule has 0 radical (unpaired) electrons. The number of hydrogen-bond donors (Lipinski definition) is 0. The van der Waals surface area contributed by atoms with Crippen molar-refractivity contribution in [2.24, 2.45) is 11.8 Å². The highest BCUT2D eigenvalue weighted by atomic mass is 79.9. The second kappa shape index (κ2) is 7.56. The van der Waals surface area contributed by atoms with E-state index in [0.717, 1.165) is 0 Å². The van der Waals surface area contributed by atoms with Crippen LogP contribution < -0.4 is 0 Å². The van der Waals surface area contributed by atoms with Crippen LogP contribution in [0.2, 0.25) is 0 Å². The van der Waals surface area contributed by atoms with Crippen LogP contribution in [0.15, 0.2) is 45.3 Å². The van der Waals surface area contributed by atoms with Gasteiger partial charge in [0.25, 0.3) is 0 Å². The SMILES string of the molecule is CC[C@H](C)CC1(C[C@@H](C)CC)c2cc(Br)ccc2-c2ccc(Br)cc21. The van der Waals surface area contributed by atoms with E-state index in [-0.39, 0.29) is 5.41 Å². The third-order valence-electron chi connectivity index (χ3n) is 6.07. The summed E-state index contributed by atoms with van der Waals surface area (Å²) in [6.45, 7) is 9.46. The zero-order chi connectivity index (χ0) is 18.2. The fourth-order valence-corrected chi connectivity index (χ4v) is 5.16. The van der Waals surface area contributed by atoms with E-state index in [0.29, 0.717) is 11.8 Å². The van der Waals surface area contributed by atoms with E-state index < -0.39 is 0 Å². The van der Waals surface area contributed by atoms with E-state index in [1.807, 2.05) is 0 Å². The number of fused-ring (bicyclic) bond motifs is 3. The van der Waals surface area contributed by atoms with Gasteiger partial charge in [0.05, 0.1) is 0 Å². The second-order valence-electron chi connectivity index (χ2n) is 7.90. The van der Waals surface area contributed by atoms with Crippen molar-refractivity contribution >= 4 is 31.9 Å². The lowest BCUT2D eigenvalue weighted by Crippen LogP contribution is -2.30. The van der Waals surface area contributed by atoms with Gasteiger partial charge in [0, 0.05) is 14.4 Å². The summed E-state index contributed by atoms with van der Waals surface area (Å²) in [5, 5.41) is 0. The molecule has 3 rings (SSSR count). The molecule has 0 fully saturated rings. The molecule has 25 heavy (non-hydrogen) atoms. The van der Waals surface area contributed by atoms with Crippen LogP contribution in [0.4, 0.5) is 0 Å². The minimum Gasteiger partial charge on any atom is -0.0651 e. The molecule has 0 nitrogen and oxygen atoms in total. The van der Waals surface area contributed by atoms with Gasteiger partial charge in [-0.25, -0.2) is 0 Å². The topological polar surface area (TPSA) is 0 Å². The summed E-state index contributed by atoms with van der Waals surface area (Å²) in [6.07, 6.45) is 4.91. The zero-order valence-electron chi connectivity index (χ0n) is 15.7. The van der Waals surface area contributed by atoms with Gasteiger partial charge in [-0.2, -0.15) is 0 Å². The smallest absolute Gasteiger partial charge is 0.0221 e. The average Bonchev–Trinajstić information content (AvgIpc) is 2.84. The summed E-state index contributed by atoms with van der Waals surface area (Å²) in [7, 11) is 0. The van der Waals surface area contributed by atoms with Gasteiger partial charge in [-0.1, -0.05) is 84.5 Å². The second-order valence-corrected chi connectivity index (χ2v) is 9.73. The molecule has 0 amide bonds. The van der Waals surface area contributed by atoms with Crippen LogP contribution in [0.1, 0.15) is 64.5 Å². The first-order chi connectivity index (χ1) is 11.9. The van der Waals surface area contributed by atoms with E-state index in [2.05, 4.69) is 96.0 Å². The Morgan fingerprint density at radius 1 is 0.760 bits per heavy atom. The molecule has 2 atom stereocenters. The Hall–Kier alpha value is -0.600. The molecule has 0 spiro atoms. The predicted molar refractivity (Wildman–Crippen MR) is 116 cm³/mol. The summed E-state index contributed by atoms with van der Waals surface area (Å²) in [5.74, 6) is 1.42. The van der Waals surface area contributed by atoms with Crippen molar-refractivity contribution in [2.45, 2.75) is 58.8 Å². The van der Waals surface area contributed by atoms with E-state index in [1.54, 1.807) is 0 Å². The first-order valence-corrected chi connectivity index (χ1v) is 11.1. The summed E-state index contributed by atoms with van der Waals surface area (Å²) in [6, 6.07) is 13.8. The van der Waals surface area contributed by atoms with Crippen molar-refractivity contribution < 1.29 is 0 Å². The van der Waals surface area contributed by atoms with E-state index in [1.165, 1.54) is 56.9 Å². The highest BCUT2D eigenvalue weighted by Gasteiger charge is 2.44. The third kappa shape index (κ3) is 3.49. The normalized spacial score (nSPS) is 17.0.